The molecule has 0 unspecified atom stereocenters. The third kappa shape index (κ3) is 5.44. The van der Waals surface area contributed by atoms with E-state index in [4.69, 9.17) is 9.29 Å². The first-order valence-electron chi connectivity index (χ1n) is 6.26. The quantitative estimate of drug-likeness (QED) is 0.614. The van der Waals surface area contributed by atoms with Gasteiger partial charge in [0.1, 0.15) is 5.75 Å². The topological polar surface area (TPSA) is 63.6 Å². The van der Waals surface area contributed by atoms with Gasteiger partial charge >= 0.3 is 29.6 Å². The summed E-state index contributed by atoms with van der Waals surface area (Å²) in [4.78, 5) is -0.106. The minimum atomic E-state index is -4.11. The fourth-order valence-corrected chi connectivity index (χ4v) is 2.83. The molecular weight excluding hydrogens is 275 g/mol. The van der Waals surface area contributed by atoms with Crippen molar-refractivity contribution in [2.24, 2.45) is 5.92 Å². The van der Waals surface area contributed by atoms with Crippen LogP contribution in [-0.4, -0.2) is 19.6 Å². The molecule has 0 spiro atoms. The van der Waals surface area contributed by atoms with Crippen molar-refractivity contribution in [3.8, 4) is 5.75 Å². The molecule has 1 saturated carbocycles. The van der Waals surface area contributed by atoms with Gasteiger partial charge in [0.15, 0.2) is 0 Å². The Hall–Kier alpha value is -0.0700. The number of rotatable bonds is 5. The van der Waals surface area contributed by atoms with Crippen LogP contribution in [0.15, 0.2) is 29.2 Å². The second-order valence-corrected chi connectivity index (χ2v) is 6.16. The largest absolute Gasteiger partial charge is 1.00 e. The maximum absolute atomic E-state index is 10.8. The maximum atomic E-state index is 10.8. The summed E-state index contributed by atoms with van der Waals surface area (Å²) < 4.78 is 36.1. The van der Waals surface area contributed by atoms with E-state index in [9.17, 15) is 8.42 Å². The van der Waals surface area contributed by atoms with Crippen molar-refractivity contribution >= 4 is 10.1 Å². The fourth-order valence-electron chi connectivity index (χ4n) is 2.35. The van der Waals surface area contributed by atoms with Crippen LogP contribution >= 0.6 is 0 Å². The summed E-state index contributed by atoms with van der Waals surface area (Å²) in [6.45, 7) is 0.663. The van der Waals surface area contributed by atoms with E-state index < -0.39 is 10.1 Å². The van der Waals surface area contributed by atoms with Gasteiger partial charge in [-0.25, -0.2) is 0 Å². The molecule has 1 N–H and O–H groups in total. The first kappa shape index (κ1) is 17.0. The number of hydrogen-bond acceptors (Lipinski definition) is 3. The first-order chi connectivity index (χ1) is 8.55. The molecule has 1 aromatic carbocycles. The van der Waals surface area contributed by atoms with E-state index in [-0.39, 0.29) is 35.9 Å². The smallest absolute Gasteiger partial charge is 1.00 e. The third-order valence-electron chi connectivity index (χ3n) is 3.39. The van der Waals surface area contributed by atoms with Gasteiger partial charge in [0.2, 0.25) is 0 Å². The summed E-state index contributed by atoms with van der Waals surface area (Å²) in [5.41, 5.74) is 0. The Morgan fingerprint density at radius 2 is 1.79 bits per heavy atom. The molecule has 1 fully saturated rings. The van der Waals surface area contributed by atoms with Gasteiger partial charge in [-0.3, -0.25) is 4.55 Å². The molecule has 2 rings (SSSR count). The monoisotopic (exact) mass is 294 g/mol. The summed E-state index contributed by atoms with van der Waals surface area (Å²) in [7, 11) is -4.11. The molecule has 0 bridgehead atoms. The van der Waals surface area contributed by atoms with Crippen molar-refractivity contribution < 1.29 is 48.7 Å². The molecule has 102 valence electrons. The van der Waals surface area contributed by atoms with Crippen LogP contribution in [-0.2, 0) is 10.1 Å². The Kier molecular flexibility index (Phi) is 6.83. The molecule has 0 amide bonds. The minimum absolute atomic E-state index is 0. The Bertz CT molecular complexity index is 484. The Balaban J connectivity index is 0.00000180. The van der Waals surface area contributed by atoms with E-state index in [1.165, 1.54) is 37.8 Å². The molecule has 6 heteroatoms. The van der Waals surface area contributed by atoms with Crippen molar-refractivity contribution in [1.29, 1.82) is 0 Å². The molecule has 0 radical (unpaired) electrons. The van der Waals surface area contributed by atoms with Crippen molar-refractivity contribution in [3.05, 3.63) is 24.3 Å². The maximum Gasteiger partial charge on any atom is 1.00 e. The summed E-state index contributed by atoms with van der Waals surface area (Å²) in [6.07, 6.45) is 6.30. The molecule has 0 atom stereocenters. The molecule has 0 heterocycles. The van der Waals surface area contributed by atoms with Gasteiger partial charge in [-0.2, -0.15) is 8.42 Å². The Morgan fingerprint density at radius 1 is 1.21 bits per heavy atom. The van der Waals surface area contributed by atoms with Crippen molar-refractivity contribution in [1.82, 2.24) is 0 Å². The average molecular weight is 294 g/mol. The average Bonchev–Trinajstić information content (AvgIpc) is 2.82. The Labute approximate surface area is 138 Å². The summed E-state index contributed by atoms with van der Waals surface area (Å²) in [5, 5.41) is 0. The van der Waals surface area contributed by atoms with Gasteiger partial charge in [-0.15, -0.1) is 0 Å². The third-order valence-corrected chi connectivity index (χ3v) is 4.26. The molecule has 4 nitrogen and oxygen atoms in total. The summed E-state index contributed by atoms with van der Waals surface area (Å²) in [6, 6.07) is 5.83. The van der Waals surface area contributed by atoms with Crippen LogP contribution in [0, 0.1) is 5.92 Å². The minimum Gasteiger partial charge on any atom is -1.00 e. The zero-order chi connectivity index (χ0) is 13.0. The Morgan fingerprint density at radius 3 is 2.32 bits per heavy atom. The van der Waals surface area contributed by atoms with Crippen LogP contribution in [0.3, 0.4) is 0 Å². The number of hydrogen-bond donors (Lipinski definition) is 1. The molecule has 19 heavy (non-hydrogen) atoms. The predicted molar refractivity (Wildman–Crippen MR) is 69.4 cm³/mol. The van der Waals surface area contributed by atoms with Gasteiger partial charge < -0.3 is 6.16 Å². The molecule has 1 aliphatic rings. The molecule has 0 aromatic heterocycles. The van der Waals surface area contributed by atoms with Crippen molar-refractivity contribution in [2.45, 2.75) is 37.0 Å². The van der Waals surface area contributed by atoms with Crippen LogP contribution in [0.1, 0.15) is 33.5 Å². The van der Waals surface area contributed by atoms with E-state index in [1.54, 1.807) is 12.1 Å². The van der Waals surface area contributed by atoms with E-state index in [2.05, 4.69) is 0 Å². The predicted octanol–water partition coefficient (Wildman–Crippen LogP) is 0.00890. The number of ether oxygens (including phenoxy) is 1. The van der Waals surface area contributed by atoms with Gasteiger partial charge in [0.05, 0.1) is 11.5 Å². The van der Waals surface area contributed by atoms with Crippen molar-refractivity contribution in [3.63, 3.8) is 0 Å². The van der Waals surface area contributed by atoms with Crippen LogP contribution < -0.4 is 34.3 Å². The summed E-state index contributed by atoms with van der Waals surface area (Å²) >= 11 is 0. The molecule has 0 aliphatic heterocycles. The van der Waals surface area contributed by atoms with Crippen LogP contribution in [0.5, 0.6) is 5.75 Å². The van der Waals surface area contributed by atoms with Crippen LogP contribution in [0.25, 0.3) is 0 Å². The standard InChI is InChI=1S/C13H18O4S.Na.H/c14-18(15,16)13-7-5-12(6-8-13)17-10-9-11-3-1-2-4-11;;/h5-8,11H,1-4,9-10H2,(H,14,15,16);;/q;+1;-1. The fraction of sp³-hybridized carbons (Fsp3) is 0.538. The molecular formula is C13H19NaO4S. The SMILES string of the molecule is O=S(=O)(O)c1ccc(OCCC2CCCC2)cc1.[H-].[Na+]. The zero-order valence-corrected chi connectivity index (χ0v) is 14.0. The van der Waals surface area contributed by atoms with E-state index >= 15 is 0 Å². The summed E-state index contributed by atoms with van der Waals surface area (Å²) in [5.74, 6) is 1.42. The normalized spacial score (nSPS) is 16.1. The van der Waals surface area contributed by atoms with Gasteiger partial charge in [0, 0.05) is 0 Å². The van der Waals surface area contributed by atoms with E-state index in [0.29, 0.717) is 12.4 Å². The van der Waals surface area contributed by atoms with Crippen LogP contribution in [0.2, 0.25) is 0 Å². The molecule has 0 saturated heterocycles. The van der Waals surface area contributed by atoms with Gasteiger partial charge in [0.25, 0.3) is 10.1 Å². The van der Waals surface area contributed by atoms with Crippen LogP contribution in [0.4, 0.5) is 0 Å². The van der Waals surface area contributed by atoms with E-state index in [1.807, 2.05) is 0 Å². The number of benzene rings is 1. The second kappa shape index (κ2) is 7.64. The molecule has 1 aliphatic carbocycles. The molecule has 1 aromatic rings. The van der Waals surface area contributed by atoms with E-state index in [0.717, 1.165) is 12.3 Å². The first-order valence-corrected chi connectivity index (χ1v) is 7.70. The second-order valence-electron chi connectivity index (χ2n) is 4.73. The van der Waals surface area contributed by atoms with Gasteiger partial charge in [-0.1, -0.05) is 25.7 Å². The zero-order valence-electron chi connectivity index (χ0n) is 12.2. The van der Waals surface area contributed by atoms with Crippen molar-refractivity contribution in [2.75, 3.05) is 6.61 Å². The van der Waals surface area contributed by atoms with Gasteiger partial charge in [-0.05, 0) is 36.6 Å².